The van der Waals surface area contributed by atoms with Crippen LogP contribution in [0.25, 0.3) is 0 Å². The van der Waals surface area contributed by atoms with Crippen LogP contribution < -0.4 is 5.32 Å². The minimum absolute atomic E-state index is 0.114. The van der Waals surface area contributed by atoms with E-state index < -0.39 is 0 Å². The van der Waals surface area contributed by atoms with Gasteiger partial charge in [-0.05, 0) is 67.6 Å². The van der Waals surface area contributed by atoms with Crippen molar-refractivity contribution in [3.05, 3.63) is 0 Å². The highest BCUT2D eigenvalue weighted by Crippen LogP contribution is 2.56. The molecule has 0 unspecified atom stereocenters. The second-order valence-corrected chi connectivity index (χ2v) is 8.66. The van der Waals surface area contributed by atoms with Crippen LogP contribution in [-0.2, 0) is 4.79 Å². The van der Waals surface area contributed by atoms with E-state index in [4.69, 9.17) is 11.6 Å². The zero-order valence-electron chi connectivity index (χ0n) is 12.8. The first-order valence-corrected chi connectivity index (χ1v) is 8.85. The summed E-state index contributed by atoms with van der Waals surface area (Å²) in [7, 11) is 0. The fourth-order valence-corrected chi connectivity index (χ4v) is 5.65. The molecule has 20 heavy (non-hydrogen) atoms. The number of carbonyl (C=O) groups is 1. The van der Waals surface area contributed by atoms with E-state index in [9.17, 15) is 4.79 Å². The molecule has 4 saturated carbocycles. The first-order chi connectivity index (χ1) is 9.48. The van der Waals surface area contributed by atoms with Gasteiger partial charge in [0.25, 0.3) is 0 Å². The molecule has 2 nitrogen and oxygen atoms in total. The molecule has 0 heterocycles. The predicted octanol–water partition coefficient (Wildman–Crippen LogP) is 3.83. The van der Waals surface area contributed by atoms with Crippen molar-refractivity contribution in [2.24, 2.45) is 35.0 Å². The van der Waals surface area contributed by atoms with Crippen LogP contribution in [-0.4, -0.2) is 18.3 Å². The maximum absolute atomic E-state index is 12.6. The normalized spacial score (nSPS) is 39.0. The monoisotopic (exact) mass is 297 g/mol. The van der Waals surface area contributed by atoms with E-state index in [-0.39, 0.29) is 5.41 Å². The smallest absolute Gasteiger partial charge is 0.223 e. The molecule has 0 aliphatic heterocycles. The van der Waals surface area contributed by atoms with Crippen molar-refractivity contribution < 1.29 is 4.79 Å². The van der Waals surface area contributed by atoms with E-state index in [1.807, 2.05) is 0 Å². The number of hydrogen-bond donors (Lipinski definition) is 1. The number of hydrogen-bond acceptors (Lipinski definition) is 1. The molecule has 0 atom stereocenters. The molecule has 4 rings (SSSR count). The van der Waals surface area contributed by atoms with Crippen LogP contribution in [0.5, 0.6) is 0 Å². The lowest BCUT2D eigenvalue weighted by molar-refractivity contribution is -0.138. The van der Waals surface area contributed by atoms with Crippen molar-refractivity contribution in [2.75, 3.05) is 12.4 Å². The Balaban J connectivity index is 1.58. The number of nitrogens with one attached hydrogen (secondary N) is 1. The molecule has 4 aliphatic carbocycles. The van der Waals surface area contributed by atoms with Gasteiger partial charge in [-0.3, -0.25) is 4.79 Å². The Morgan fingerprint density at radius 3 is 2.15 bits per heavy atom. The molecule has 4 fully saturated rings. The molecule has 0 aromatic rings. The molecular weight excluding hydrogens is 270 g/mol. The van der Waals surface area contributed by atoms with Crippen LogP contribution in [0.15, 0.2) is 0 Å². The third-order valence-corrected chi connectivity index (χ3v) is 6.23. The molecule has 0 aromatic heterocycles. The van der Waals surface area contributed by atoms with Crippen LogP contribution in [0.1, 0.15) is 52.4 Å². The van der Waals surface area contributed by atoms with Crippen molar-refractivity contribution in [1.29, 1.82) is 0 Å². The summed E-state index contributed by atoms with van der Waals surface area (Å²) < 4.78 is 0. The zero-order chi connectivity index (χ0) is 14.3. The Hall–Kier alpha value is -0.240. The number of halogens is 1. The van der Waals surface area contributed by atoms with E-state index in [2.05, 4.69) is 19.2 Å². The Morgan fingerprint density at radius 2 is 1.65 bits per heavy atom. The minimum atomic E-state index is 0.114. The highest BCUT2D eigenvalue weighted by molar-refractivity contribution is 6.17. The minimum Gasteiger partial charge on any atom is -0.355 e. The summed E-state index contributed by atoms with van der Waals surface area (Å²) in [5, 5.41) is 3.24. The molecule has 1 N–H and O–H groups in total. The molecule has 0 aromatic carbocycles. The Labute approximate surface area is 128 Å². The lowest BCUT2D eigenvalue weighted by atomic mass is 9.51. The second kappa shape index (κ2) is 5.51. The molecule has 4 aliphatic rings. The summed E-state index contributed by atoms with van der Waals surface area (Å²) in [5.74, 6) is 4.56. The van der Waals surface area contributed by atoms with Gasteiger partial charge in [-0.1, -0.05) is 13.8 Å². The van der Waals surface area contributed by atoms with E-state index >= 15 is 0 Å². The SMILES string of the molecule is CC(C)(CCCl)CNC(=O)C1C2CC3CC(C2)CC1C3. The molecule has 4 bridgehead atoms. The third-order valence-electron chi connectivity index (χ3n) is 6.04. The third kappa shape index (κ3) is 2.86. The lowest BCUT2D eigenvalue weighted by Crippen LogP contribution is -2.51. The summed E-state index contributed by atoms with van der Waals surface area (Å²) in [4.78, 5) is 12.6. The van der Waals surface area contributed by atoms with Gasteiger partial charge >= 0.3 is 0 Å². The average Bonchev–Trinajstić information content (AvgIpc) is 2.35. The molecule has 1 amide bonds. The Kier molecular flexibility index (Phi) is 4.05. The first-order valence-electron chi connectivity index (χ1n) is 8.32. The maximum atomic E-state index is 12.6. The van der Waals surface area contributed by atoms with E-state index in [1.54, 1.807) is 0 Å². The first kappa shape index (κ1) is 14.7. The van der Waals surface area contributed by atoms with Gasteiger partial charge in [0, 0.05) is 18.3 Å². The van der Waals surface area contributed by atoms with Crippen LogP contribution in [0.4, 0.5) is 0 Å². The van der Waals surface area contributed by atoms with E-state index in [0.717, 1.165) is 24.8 Å². The molecule has 0 saturated heterocycles. The molecule has 114 valence electrons. The van der Waals surface area contributed by atoms with Crippen LogP contribution in [0, 0.1) is 35.0 Å². The summed E-state index contributed by atoms with van der Waals surface area (Å²) in [6.45, 7) is 5.14. The van der Waals surface area contributed by atoms with Gasteiger partial charge in [0.2, 0.25) is 5.91 Å². The second-order valence-electron chi connectivity index (χ2n) is 8.28. The summed E-state index contributed by atoms with van der Waals surface area (Å²) in [6, 6.07) is 0. The summed E-state index contributed by atoms with van der Waals surface area (Å²) in [6.07, 6.45) is 7.67. The summed E-state index contributed by atoms with van der Waals surface area (Å²) >= 11 is 5.84. The van der Waals surface area contributed by atoms with Crippen molar-refractivity contribution in [3.8, 4) is 0 Å². The quantitative estimate of drug-likeness (QED) is 0.768. The zero-order valence-corrected chi connectivity index (χ0v) is 13.6. The Morgan fingerprint density at radius 1 is 1.10 bits per heavy atom. The van der Waals surface area contributed by atoms with Gasteiger partial charge in [0.1, 0.15) is 0 Å². The van der Waals surface area contributed by atoms with Crippen molar-refractivity contribution in [1.82, 2.24) is 5.32 Å². The van der Waals surface area contributed by atoms with E-state index in [0.29, 0.717) is 29.5 Å². The fraction of sp³-hybridized carbons (Fsp3) is 0.941. The number of rotatable bonds is 5. The van der Waals surface area contributed by atoms with Gasteiger partial charge in [-0.15, -0.1) is 11.6 Å². The lowest BCUT2D eigenvalue weighted by Gasteiger charge is -2.53. The average molecular weight is 298 g/mol. The van der Waals surface area contributed by atoms with Gasteiger partial charge in [-0.25, -0.2) is 0 Å². The largest absolute Gasteiger partial charge is 0.355 e. The summed E-state index contributed by atoms with van der Waals surface area (Å²) in [5.41, 5.74) is 0.114. The number of alkyl halides is 1. The molecule has 0 radical (unpaired) electrons. The van der Waals surface area contributed by atoms with Gasteiger partial charge in [-0.2, -0.15) is 0 Å². The standard InChI is InChI=1S/C17H28ClNO/c1-17(2,3-4-18)10-19-16(20)15-13-6-11-5-12(8-13)9-14(15)7-11/h11-15H,3-10H2,1-2H3,(H,19,20). The molecule has 3 heteroatoms. The van der Waals surface area contributed by atoms with Crippen LogP contribution in [0.3, 0.4) is 0 Å². The number of carbonyl (C=O) groups excluding carboxylic acids is 1. The van der Waals surface area contributed by atoms with Crippen molar-refractivity contribution in [2.45, 2.75) is 52.4 Å². The highest BCUT2D eigenvalue weighted by Gasteiger charge is 2.50. The van der Waals surface area contributed by atoms with Gasteiger partial charge < -0.3 is 5.32 Å². The number of amides is 1. The topological polar surface area (TPSA) is 29.1 Å². The maximum Gasteiger partial charge on any atom is 0.223 e. The van der Waals surface area contributed by atoms with E-state index in [1.165, 1.54) is 32.1 Å². The molecular formula is C17H28ClNO. The Bertz CT molecular complexity index is 351. The predicted molar refractivity (Wildman–Crippen MR) is 82.7 cm³/mol. The van der Waals surface area contributed by atoms with Gasteiger partial charge in [0.15, 0.2) is 0 Å². The van der Waals surface area contributed by atoms with Crippen LogP contribution >= 0.6 is 11.6 Å². The highest BCUT2D eigenvalue weighted by atomic mass is 35.5. The fourth-order valence-electron chi connectivity index (χ4n) is 5.14. The molecule has 0 spiro atoms. The van der Waals surface area contributed by atoms with Gasteiger partial charge in [0.05, 0.1) is 0 Å². The van der Waals surface area contributed by atoms with Crippen molar-refractivity contribution in [3.63, 3.8) is 0 Å². The van der Waals surface area contributed by atoms with Crippen molar-refractivity contribution >= 4 is 17.5 Å². The van der Waals surface area contributed by atoms with Crippen LogP contribution in [0.2, 0.25) is 0 Å².